The van der Waals surface area contributed by atoms with E-state index < -0.39 is 4.92 Å². The average Bonchev–Trinajstić information content (AvgIpc) is 2.60. The van der Waals surface area contributed by atoms with E-state index in [9.17, 15) is 10.1 Å². The Kier molecular flexibility index (Phi) is 1.81. The van der Waals surface area contributed by atoms with Crippen molar-refractivity contribution in [2.24, 2.45) is 0 Å². The molecule has 0 fully saturated rings. The Morgan fingerprint density at radius 2 is 2.43 bits per heavy atom. The van der Waals surface area contributed by atoms with E-state index in [2.05, 4.69) is 9.97 Å². The Bertz CT molecular complexity index is 492. The molecule has 2 heterocycles. The van der Waals surface area contributed by atoms with Crippen molar-refractivity contribution in [1.82, 2.24) is 9.97 Å². The molecule has 2 aromatic rings. The average molecular weight is 193 g/mol. The van der Waals surface area contributed by atoms with Gasteiger partial charge in [-0.1, -0.05) is 0 Å². The predicted molar refractivity (Wildman–Crippen MR) is 49.3 cm³/mol. The van der Waals surface area contributed by atoms with Gasteiger partial charge in [0.1, 0.15) is 11.3 Å². The van der Waals surface area contributed by atoms with E-state index in [0.29, 0.717) is 16.8 Å². The number of aromatic amines is 1. The normalized spacial score (nSPS) is 10.4. The highest BCUT2D eigenvalue weighted by Gasteiger charge is 2.17. The molecule has 0 aliphatic carbocycles. The van der Waals surface area contributed by atoms with Crippen molar-refractivity contribution in [3.05, 3.63) is 28.6 Å². The molecule has 72 valence electrons. The highest BCUT2D eigenvalue weighted by Crippen LogP contribution is 2.28. The minimum Gasteiger partial charge on any atom is -0.494 e. The molecule has 0 spiro atoms. The van der Waals surface area contributed by atoms with Crippen molar-refractivity contribution in [2.45, 2.75) is 0 Å². The smallest absolute Gasteiger partial charge is 0.312 e. The molecule has 14 heavy (non-hydrogen) atoms. The number of hydrogen-bond acceptors (Lipinski definition) is 4. The maximum atomic E-state index is 10.6. The van der Waals surface area contributed by atoms with Crippen LogP contribution in [0, 0.1) is 10.1 Å². The first-order valence-corrected chi connectivity index (χ1v) is 3.88. The monoisotopic (exact) mass is 193 g/mol. The number of nitrogens with one attached hydrogen (secondary N) is 1. The molecular weight excluding hydrogens is 186 g/mol. The Labute approximate surface area is 78.7 Å². The lowest BCUT2D eigenvalue weighted by atomic mass is 10.3. The molecule has 2 aromatic heterocycles. The molecule has 0 aliphatic rings. The summed E-state index contributed by atoms with van der Waals surface area (Å²) in [7, 11) is 1.50. The quantitative estimate of drug-likeness (QED) is 0.578. The van der Waals surface area contributed by atoms with Gasteiger partial charge in [0, 0.05) is 12.3 Å². The van der Waals surface area contributed by atoms with Crippen LogP contribution in [0.5, 0.6) is 5.75 Å². The zero-order valence-corrected chi connectivity index (χ0v) is 7.35. The lowest BCUT2D eigenvalue weighted by molar-refractivity contribution is -0.383. The Morgan fingerprint density at radius 1 is 1.64 bits per heavy atom. The maximum Gasteiger partial charge on any atom is 0.312 e. The lowest BCUT2D eigenvalue weighted by Gasteiger charge is -1.98. The number of nitro groups is 1. The maximum absolute atomic E-state index is 10.6. The second-order valence-electron chi connectivity index (χ2n) is 2.67. The molecule has 0 aromatic carbocycles. The summed E-state index contributed by atoms with van der Waals surface area (Å²) >= 11 is 0. The highest BCUT2D eigenvalue weighted by atomic mass is 16.6. The molecule has 0 bridgehead atoms. The fraction of sp³-hybridized carbons (Fsp3) is 0.125. The van der Waals surface area contributed by atoms with Crippen LogP contribution in [0.15, 0.2) is 18.5 Å². The van der Waals surface area contributed by atoms with E-state index in [1.165, 1.54) is 19.5 Å². The fourth-order valence-electron chi connectivity index (χ4n) is 1.30. The fourth-order valence-corrected chi connectivity index (χ4v) is 1.30. The zero-order valence-electron chi connectivity index (χ0n) is 7.35. The van der Waals surface area contributed by atoms with Gasteiger partial charge in [0.15, 0.2) is 5.52 Å². The number of pyridine rings is 1. The van der Waals surface area contributed by atoms with Gasteiger partial charge >= 0.3 is 5.69 Å². The number of nitrogens with zero attached hydrogens (tertiary/aromatic N) is 2. The van der Waals surface area contributed by atoms with Gasteiger partial charge in [-0.3, -0.25) is 10.1 Å². The molecular formula is C8H7N3O3. The summed E-state index contributed by atoms with van der Waals surface area (Å²) in [6, 6.07) is 1.64. The molecule has 0 aliphatic heterocycles. The molecule has 1 N–H and O–H groups in total. The SMILES string of the molecule is COc1ccnc2c([N+](=O)[O-])c[nH]c12. The van der Waals surface area contributed by atoms with Gasteiger partial charge in [-0.25, -0.2) is 4.98 Å². The van der Waals surface area contributed by atoms with Crippen LogP contribution >= 0.6 is 0 Å². The van der Waals surface area contributed by atoms with Gasteiger partial charge in [-0.05, 0) is 0 Å². The number of fused-ring (bicyclic) bond motifs is 1. The van der Waals surface area contributed by atoms with Crippen LogP contribution in [0.4, 0.5) is 5.69 Å². The summed E-state index contributed by atoms with van der Waals surface area (Å²) in [5.74, 6) is 0.545. The van der Waals surface area contributed by atoms with E-state index in [1.807, 2.05) is 0 Å². The number of hydrogen-bond donors (Lipinski definition) is 1. The van der Waals surface area contributed by atoms with Crippen LogP contribution in [0.2, 0.25) is 0 Å². The predicted octanol–water partition coefficient (Wildman–Crippen LogP) is 1.48. The minimum absolute atomic E-state index is 0.0427. The van der Waals surface area contributed by atoms with Gasteiger partial charge in [0.25, 0.3) is 0 Å². The first-order valence-electron chi connectivity index (χ1n) is 3.88. The van der Waals surface area contributed by atoms with Gasteiger partial charge in [0.2, 0.25) is 0 Å². The number of ether oxygens (including phenoxy) is 1. The molecule has 0 amide bonds. The third-order valence-corrected chi connectivity index (χ3v) is 1.93. The topological polar surface area (TPSA) is 81.1 Å². The van der Waals surface area contributed by atoms with E-state index in [0.717, 1.165) is 0 Å². The van der Waals surface area contributed by atoms with Crippen molar-refractivity contribution in [1.29, 1.82) is 0 Å². The third-order valence-electron chi connectivity index (χ3n) is 1.93. The van der Waals surface area contributed by atoms with Crippen molar-refractivity contribution < 1.29 is 9.66 Å². The van der Waals surface area contributed by atoms with Gasteiger partial charge in [0.05, 0.1) is 18.2 Å². The lowest BCUT2D eigenvalue weighted by Crippen LogP contribution is -1.88. The van der Waals surface area contributed by atoms with Crippen LogP contribution < -0.4 is 4.74 Å². The third kappa shape index (κ3) is 1.08. The summed E-state index contributed by atoms with van der Waals surface area (Å²) in [6.07, 6.45) is 2.78. The van der Waals surface area contributed by atoms with Gasteiger partial charge < -0.3 is 9.72 Å². The van der Waals surface area contributed by atoms with E-state index in [-0.39, 0.29) is 5.69 Å². The first-order chi connectivity index (χ1) is 6.74. The molecule has 0 atom stereocenters. The van der Waals surface area contributed by atoms with Crippen molar-refractivity contribution in [3.63, 3.8) is 0 Å². The molecule has 0 unspecified atom stereocenters. The highest BCUT2D eigenvalue weighted by molar-refractivity contribution is 5.89. The standard InChI is InChI=1S/C8H7N3O3/c1-14-6-2-3-9-7-5(11(12)13)4-10-8(6)7/h2-4,10H,1H3. The first kappa shape index (κ1) is 8.49. The van der Waals surface area contributed by atoms with Crippen molar-refractivity contribution in [3.8, 4) is 5.75 Å². The Balaban J connectivity index is 2.75. The van der Waals surface area contributed by atoms with Crippen molar-refractivity contribution in [2.75, 3.05) is 7.11 Å². The van der Waals surface area contributed by atoms with Crippen molar-refractivity contribution >= 4 is 16.7 Å². The van der Waals surface area contributed by atoms with Crippen LogP contribution in [-0.2, 0) is 0 Å². The van der Waals surface area contributed by atoms with Crippen LogP contribution in [0.3, 0.4) is 0 Å². The Hall–Kier alpha value is -2.11. The molecule has 6 heteroatoms. The number of aromatic nitrogens is 2. The minimum atomic E-state index is -0.481. The van der Waals surface area contributed by atoms with E-state index in [1.54, 1.807) is 6.07 Å². The number of H-pyrrole nitrogens is 1. The second kappa shape index (κ2) is 2.99. The largest absolute Gasteiger partial charge is 0.494 e. The van der Waals surface area contributed by atoms with E-state index in [4.69, 9.17) is 4.74 Å². The van der Waals surface area contributed by atoms with Gasteiger partial charge in [-0.2, -0.15) is 0 Å². The molecule has 0 saturated heterocycles. The summed E-state index contributed by atoms with van der Waals surface area (Å²) in [6.45, 7) is 0. The van der Waals surface area contributed by atoms with Crippen LogP contribution in [0.25, 0.3) is 11.0 Å². The Morgan fingerprint density at radius 3 is 3.07 bits per heavy atom. The second-order valence-corrected chi connectivity index (χ2v) is 2.67. The van der Waals surface area contributed by atoms with Gasteiger partial charge in [-0.15, -0.1) is 0 Å². The molecule has 2 rings (SSSR count). The van der Waals surface area contributed by atoms with E-state index >= 15 is 0 Å². The summed E-state index contributed by atoms with van der Waals surface area (Å²) in [5, 5.41) is 10.6. The number of rotatable bonds is 2. The molecule has 0 saturated carbocycles. The summed E-state index contributed by atoms with van der Waals surface area (Å²) < 4.78 is 5.03. The van der Waals surface area contributed by atoms with Crippen LogP contribution in [-0.4, -0.2) is 22.0 Å². The zero-order chi connectivity index (χ0) is 10.1. The summed E-state index contributed by atoms with van der Waals surface area (Å²) in [4.78, 5) is 16.8. The molecule has 6 nitrogen and oxygen atoms in total. The van der Waals surface area contributed by atoms with Crippen LogP contribution in [0.1, 0.15) is 0 Å². The summed E-state index contributed by atoms with van der Waals surface area (Å²) in [5.41, 5.74) is 0.815. The molecule has 0 radical (unpaired) electrons. The number of methoxy groups -OCH3 is 1.